The quantitative estimate of drug-likeness (QED) is 0.189. The van der Waals surface area contributed by atoms with E-state index in [1.54, 1.807) is 18.3 Å². The van der Waals surface area contributed by atoms with Gasteiger partial charge in [0.1, 0.15) is 17.9 Å². The molecule has 0 aliphatic carbocycles. The largest absolute Gasteiger partial charge is 0.489 e. The molecule has 0 aliphatic heterocycles. The zero-order valence-corrected chi connectivity index (χ0v) is 19.0. The molecule has 0 bridgehead atoms. The van der Waals surface area contributed by atoms with Gasteiger partial charge in [0.15, 0.2) is 5.58 Å². The van der Waals surface area contributed by atoms with Gasteiger partial charge in [-0.3, -0.25) is 4.79 Å². The Kier molecular flexibility index (Phi) is 7.32. The molecule has 0 saturated heterocycles. The molecule has 1 N–H and O–H groups in total. The topological polar surface area (TPSA) is 76.7 Å². The third-order valence-electron chi connectivity index (χ3n) is 4.27. The van der Waals surface area contributed by atoms with Crippen molar-refractivity contribution >= 4 is 58.2 Å². The average Bonchev–Trinajstić information content (AvgIpc) is 3.22. The number of oxazole rings is 1. The van der Waals surface area contributed by atoms with Gasteiger partial charge in [-0.2, -0.15) is 5.10 Å². The fourth-order valence-electron chi connectivity index (χ4n) is 2.70. The number of hydrogen-bond donors (Lipinski definition) is 1. The number of ether oxygens (including phenoxy) is 1. The standard InChI is InChI=1S/C23H17Cl2N3O3S/c24-18-10-7-16(11-19(18)25)13-30-17-8-5-15(6-9-17)12-26-28-22(29)14-32-23-27-20-3-1-2-4-21(20)31-23/h1-12H,13-14H2,(H,28,29)/b26-12-. The number of amides is 1. The van der Waals surface area contributed by atoms with Gasteiger partial charge in [-0.15, -0.1) is 0 Å². The maximum Gasteiger partial charge on any atom is 0.257 e. The highest BCUT2D eigenvalue weighted by molar-refractivity contribution is 7.99. The molecular weight excluding hydrogens is 469 g/mol. The number of nitrogens with zero attached hydrogens (tertiary/aromatic N) is 2. The minimum atomic E-state index is -0.255. The summed E-state index contributed by atoms with van der Waals surface area (Å²) in [7, 11) is 0. The zero-order chi connectivity index (χ0) is 22.3. The van der Waals surface area contributed by atoms with E-state index in [-0.39, 0.29) is 11.7 Å². The molecule has 0 aliphatic rings. The fraction of sp³-hybridized carbons (Fsp3) is 0.0870. The summed E-state index contributed by atoms with van der Waals surface area (Å²) in [5, 5.41) is 5.43. The Labute approximate surface area is 198 Å². The Hall–Kier alpha value is -3.00. The van der Waals surface area contributed by atoms with Crippen LogP contribution in [-0.2, 0) is 11.4 Å². The molecule has 0 fully saturated rings. The van der Waals surface area contributed by atoms with Crippen LogP contribution in [0.15, 0.2) is 81.5 Å². The molecule has 4 aromatic rings. The molecule has 0 unspecified atom stereocenters. The van der Waals surface area contributed by atoms with Crippen molar-refractivity contribution in [2.45, 2.75) is 11.8 Å². The molecule has 9 heteroatoms. The lowest BCUT2D eigenvalue weighted by Crippen LogP contribution is -2.19. The minimum Gasteiger partial charge on any atom is -0.489 e. The van der Waals surface area contributed by atoms with Crippen LogP contribution in [0.2, 0.25) is 10.0 Å². The predicted molar refractivity (Wildman–Crippen MR) is 128 cm³/mol. The van der Waals surface area contributed by atoms with Gasteiger partial charge in [-0.05, 0) is 59.7 Å². The molecule has 0 spiro atoms. The number of thioether (sulfide) groups is 1. The molecule has 1 amide bonds. The first-order chi connectivity index (χ1) is 15.6. The molecule has 6 nitrogen and oxygen atoms in total. The van der Waals surface area contributed by atoms with Crippen LogP contribution in [0.5, 0.6) is 5.75 Å². The zero-order valence-electron chi connectivity index (χ0n) is 16.6. The summed E-state index contributed by atoms with van der Waals surface area (Å²) < 4.78 is 11.3. The van der Waals surface area contributed by atoms with E-state index >= 15 is 0 Å². The van der Waals surface area contributed by atoms with Crippen LogP contribution in [0.3, 0.4) is 0 Å². The van der Waals surface area contributed by atoms with E-state index < -0.39 is 0 Å². The Balaban J connectivity index is 1.22. The van der Waals surface area contributed by atoms with Crippen molar-refractivity contribution in [2.24, 2.45) is 5.10 Å². The van der Waals surface area contributed by atoms with E-state index in [2.05, 4.69) is 15.5 Å². The Morgan fingerprint density at radius 3 is 2.69 bits per heavy atom. The van der Waals surface area contributed by atoms with Crippen LogP contribution in [-0.4, -0.2) is 22.9 Å². The van der Waals surface area contributed by atoms with Crippen LogP contribution < -0.4 is 10.2 Å². The third-order valence-corrected chi connectivity index (χ3v) is 5.84. The second-order valence-electron chi connectivity index (χ2n) is 6.64. The van der Waals surface area contributed by atoms with Crippen molar-refractivity contribution in [1.29, 1.82) is 0 Å². The molecule has 1 aromatic heterocycles. The first-order valence-corrected chi connectivity index (χ1v) is 11.3. The van der Waals surface area contributed by atoms with E-state index in [9.17, 15) is 4.79 Å². The third kappa shape index (κ3) is 6.03. The molecule has 32 heavy (non-hydrogen) atoms. The molecule has 162 valence electrons. The molecule has 1 heterocycles. The monoisotopic (exact) mass is 485 g/mol. The predicted octanol–water partition coefficient (Wildman–Crippen LogP) is 5.96. The summed E-state index contributed by atoms with van der Waals surface area (Å²) in [5.74, 6) is 0.591. The number of rotatable bonds is 8. The van der Waals surface area contributed by atoms with Crippen LogP contribution in [0.25, 0.3) is 11.1 Å². The SMILES string of the molecule is O=C(CSc1nc2ccccc2o1)N/N=C\c1ccc(OCc2ccc(Cl)c(Cl)c2)cc1. The maximum atomic E-state index is 12.0. The van der Waals surface area contributed by atoms with Crippen LogP contribution in [0, 0.1) is 0 Å². The number of halogens is 2. The molecule has 3 aromatic carbocycles. The van der Waals surface area contributed by atoms with Crippen molar-refractivity contribution in [3.8, 4) is 5.75 Å². The highest BCUT2D eigenvalue weighted by atomic mass is 35.5. The lowest BCUT2D eigenvalue weighted by molar-refractivity contribution is -0.118. The van der Waals surface area contributed by atoms with Gasteiger partial charge in [-0.25, -0.2) is 10.4 Å². The van der Waals surface area contributed by atoms with E-state index in [1.807, 2.05) is 54.6 Å². The first-order valence-electron chi connectivity index (χ1n) is 9.54. The smallest absolute Gasteiger partial charge is 0.257 e. The van der Waals surface area contributed by atoms with Crippen LogP contribution in [0.1, 0.15) is 11.1 Å². The number of para-hydroxylation sites is 2. The van der Waals surface area contributed by atoms with Crippen molar-refractivity contribution in [3.63, 3.8) is 0 Å². The Morgan fingerprint density at radius 2 is 1.91 bits per heavy atom. The molecule has 0 radical (unpaired) electrons. The van der Waals surface area contributed by atoms with Gasteiger partial charge in [0.2, 0.25) is 0 Å². The summed E-state index contributed by atoms with van der Waals surface area (Å²) in [6.07, 6.45) is 1.56. The molecule has 0 saturated carbocycles. The molecular formula is C23H17Cl2N3O3S. The lowest BCUT2D eigenvalue weighted by Gasteiger charge is -2.07. The summed E-state index contributed by atoms with van der Waals surface area (Å²) in [6.45, 7) is 0.373. The van der Waals surface area contributed by atoms with Crippen molar-refractivity contribution in [1.82, 2.24) is 10.4 Å². The van der Waals surface area contributed by atoms with E-state index in [4.69, 9.17) is 32.4 Å². The summed E-state index contributed by atoms with van der Waals surface area (Å²) >= 11 is 13.1. The summed E-state index contributed by atoms with van der Waals surface area (Å²) in [5.41, 5.74) is 5.68. The number of carbonyl (C=O) groups is 1. The van der Waals surface area contributed by atoms with Gasteiger partial charge in [-0.1, -0.05) is 53.2 Å². The minimum absolute atomic E-state index is 0.144. The number of hydrazone groups is 1. The molecule has 4 rings (SSSR count). The maximum absolute atomic E-state index is 12.0. The van der Waals surface area contributed by atoms with E-state index in [0.717, 1.165) is 16.6 Å². The summed E-state index contributed by atoms with van der Waals surface area (Å²) in [6, 6.07) is 20.1. The highest BCUT2D eigenvalue weighted by Gasteiger charge is 2.08. The van der Waals surface area contributed by atoms with Crippen molar-refractivity contribution in [2.75, 3.05) is 5.75 Å². The Morgan fingerprint density at radius 1 is 1.09 bits per heavy atom. The van der Waals surface area contributed by atoms with Crippen molar-refractivity contribution < 1.29 is 13.9 Å². The van der Waals surface area contributed by atoms with Gasteiger partial charge in [0.25, 0.3) is 11.1 Å². The van der Waals surface area contributed by atoms with E-state index in [1.165, 1.54) is 11.8 Å². The second kappa shape index (κ2) is 10.5. The molecule has 0 atom stereocenters. The highest BCUT2D eigenvalue weighted by Crippen LogP contribution is 2.24. The average molecular weight is 486 g/mol. The van der Waals surface area contributed by atoms with Gasteiger partial charge in [0, 0.05) is 0 Å². The van der Waals surface area contributed by atoms with Gasteiger partial charge >= 0.3 is 0 Å². The number of aromatic nitrogens is 1. The summed E-state index contributed by atoms with van der Waals surface area (Å²) in [4.78, 5) is 16.3. The van der Waals surface area contributed by atoms with Crippen molar-refractivity contribution in [3.05, 3.63) is 87.9 Å². The first kappa shape index (κ1) is 22.2. The number of nitrogens with one attached hydrogen (secondary N) is 1. The Bertz CT molecular complexity index is 1230. The number of fused-ring (bicyclic) bond motifs is 1. The normalized spacial score (nSPS) is 11.2. The lowest BCUT2D eigenvalue weighted by atomic mass is 10.2. The number of carbonyl (C=O) groups excluding carboxylic acids is 1. The van der Waals surface area contributed by atoms with Gasteiger partial charge < -0.3 is 9.15 Å². The van der Waals surface area contributed by atoms with E-state index in [0.29, 0.717) is 33.2 Å². The number of benzene rings is 3. The second-order valence-corrected chi connectivity index (χ2v) is 8.38. The van der Waals surface area contributed by atoms with Crippen LogP contribution >= 0.6 is 35.0 Å². The van der Waals surface area contributed by atoms with Crippen LogP contribution in [0.4, 0.5) is 0 Å². The van der Waals surface area contributed by atoms with Gasteiger partial charge in [0.05, 0.1) is 22.0 Å². The number of hydrogen-bond acceptors (Lipinski definition) is 6. The fourth-order valence-corrected chi connectivity index (χ4v) is 3.65.